The van der Waals surface area contributed by atoms with Crippen molar-refractivity contribution in [2.75, 3.05) is 0 Å². The molecule has 2 heteroatoms. The van der Waals surface area contributed by atoms with E-state index in [0.717, 1.165) is 0 Å². The molecule has 0 N–H and O–H groups in total. The Morgan fingerprint density at radius 3 is 1.13 bits per heavy atom. The van der Waals surface area contributed by atoms with Gasteiger partial charge >= 0.3 is 0 Å². The summed E-state index contributed by atoms with van der Waals surface area (Å²) in [4.78, 5) is 20.6. The summed E-state index contributed by atoms with van der Waals surface area (Å²) in [5.41, 5.74) is 3.18. The standard InChI is InChI=1S/C22H26.C6H4O2/c1-21(2,3)17-9-11-19-15(13-17)7-8-16-14-18(22(4,5)6)10-12-20(16)19;7-5-1-2-6(8)4-3-5/h7-14H,1-6H3;1-4H. The van der Waals surface area contributed by atoms with Gasteiger partial charge in [0.15, 0.2) is 11.6 Å². The Kier molecular flexibility index (Phi) is 5.81. The van der Waals surface area contributed by atoms with Crippen LogP contribution < -0.4 is 0 Å². The SMILES string of the molecule is CC(C)(C)c1ccc2c(ccc3cc(C(C)(C)C)ccc32)c1.O=C1C=CC(=O)C=C1. The van der Waals surface area contributed by atoms with Crippen LogP contribution in [0.5, 0.6) is 0 Å². The quantitative estimate of drug-likeness (QED) is 0.307. The number of benzene rings is 3. The van der Waals surface area contributed by atoms with Crippen molar-refractivity contribution in [1.82, 2.24) is 0 Å². The number of hydrogen-bond donors (Lipinski definition) is 0. The molecule has 0 aliphatic heterocycles. The molecule has 0 radical (unpaired) electrons. The summed E-state index contributed by atoms with van der Waals surface area (Å²) in [5, 5.41) is 5.38. The first kappa shape index (κ1) is 21.7. The third kappa shape index (κ3) is 4.94. The molecule has 4 rings (SSSR count). The highest BCUT2D eigenvalue weighted by atomic mass is 16.1. The maximum absolute atomic E-state index is 10.3. The second kappa shape index (κ2) is 8.02. The van der Waals surface area contributed by atoms with Gasteiger partial charge in [0.1, 0.15) is 0 Å². The van der Waals surface area contributed by atoms with E-state index in [1.165, 1.54) is 57.0 Å². The molecule has 3 aromatic rings. The van der Waals surface area contributed by atoms with Crippen LogP contribution >= 0.6 is 0 Å². The molecule has 0 saturated carbocycles. The van der Waals surface area contributed by atoms with E-state index >= 15 is 0 Å². The van der Waals surface area contributed by atoms with Crippen LogP contribution in [0.4, 0.5) is 0 Å². The predicted molar refractivity (Wildman–Crippen MR) is 127 cm³/mol. The van der Waals surface area contributed by atoms with E-state index in [1.807, 2.05) is 0 Å². The van der Waals surface area contributed by atoms with E-state index in [-0.39, 0.29) is 22.4 Å². The fourth-order valence-electron chi connectivity index (χ4n) is 3.44. The van der Waals surface area contributed by atoms with Crippen LogP contribution in [-0.2, 0) is 20.4 Å². The molecule has 0 aromatic heterocycles. The van der Waals surface area contributed by atoms with E-state index < -0.39 is 0 Å². The van der Waals surface area contributed by atoms with Gasteiger partial charge in [0, 0.05) is 0 Å². The monoisotopic (exact) mass is 398 g/mol. The number of fused-ring (bicyclic) bond motifs is 3. The summed E-state index contributed by atoms with van der Waals surface area (Å²) in [5.74, 6) is -0.241. The van der Waals surface area contributed by atoms with Crippen molar-refractivity contribution in [1.29, 1.82) is 0 Å². The zero-order valence-electron chi connectivity index (χ0n) is 18.7. The average molecular weight is 399 g/mol. The fraction of sp³-hybridized carbons (Fsp3) is 0.286. The first-order chi connectivity index (χ1) is 13.9. The van der Waals surface area contributed by atoms with Crippen molar-refractivity contribution in [3.8, 4) is 0 Å². The third-order valence-corrected chi connectivity index (χ3v) is 5.39. The second-order valence-electron chi connectivity index (χ2n) is 9.91. The average Bonchev–Trinajstić information content (AvgIpc) is 2.68. The molecular weight excluding hydrogens is 368 g/mol. The summed E-state index contributed by atoms with van der Waals surface area (Å²) in [7, 11) is 0. The van der Waals surface area contributed by atoms with Crippen LogP contribution in [0, 0.1) is 0 Å². The van der Waals surface area contributed by atoms with Crippen molar-refractivity contribution in [3.05, 3.63) is 84.0 Å². The maximum Gasteiger partial charge on any atom is 0.178 e. The zero-order chi connectivity index (χ0) is 22.1. The molecule has 1 aliphatic rings. The Bertz CT molecular complexity index is 1070. The molecule has 0 heterocycles. The predicted octanol–water partition coefficient (Wildman–Crippen LogP) is 6.84. The van der Waals surface area contributed by atoms with Crippen molar-refractivity contribution in [2.24, 2.45) is 0 Å². The number of carbonyl (C=O) groups is 2. The Morgan fingerprint density at radius 1 is 0.500 bits per heavy atom. The van der Waals surface area contributed by atoms with Crippen molar-refractivity contribution in [2.45, 2.75) is 52.4 Å². The van der Waals surface area contributed by atoms with Crippen LogP contribution in [0.15, 0.2) is 72.8 Å². The molecule has 154 valence electrons. The molecule has 0 unspecified atom stereocenters. The lowest BCUT2D eigenvalue weighted by Gasteiger charge is -2.21. The number of hydrogen-bond acceptors (Lipinski definition) is 2. The molecule has 2 nitrogen and oxygen atoms in total. The van der Waals surface area contributed by atoms with Gasteiger partial charge in [-0.1, -0.05) is 90.1 Å². The Labute approximate surface area is 179 Å². The molecule has 0 saturated heterocycles. The van der Waals surface area contributed by atoms with E-state index in [2.05, 4.69) is 90.1 Å². The molecule has 3 aromatic carbocycles. The topological polar surface area (TPSA) is 34.1 Å². The first-order valence-corrected chi connectivity index (χ1v) is 10.4. The van der Waals surface area contributed by atoms with E-state index in [0.29, 0.717) is 0 Å². The summed E-state index contributed by atoms with van der Waals surface area (Å²) in [6.45, 7) is 13.6. The highest BCUT2D eigenvalue weighted by Crippen LogP contribution is 2.32. The zero-order valence-corrected chi connectivity index (χ0v) is 18.7. The van der Waals surface area contributed by atoms with Crippen LogP contribution in [-0.4, -0.2) is 11.6 Å². The summed E-state index contributed by atoms with van der Waals surface area (Å²) < 4.78 is 0. The summed E-state index contributed by atoms with van der Waals surface area (Å²) in [6, 6.07) is 18.3. The Morgan fingerprint density at radius 2 is 0.833 bits per heavy atom. The highest BCUT2D eigenvalue weighted by molar-refractivity contribution is 6.14. The van der Waals surface area contributed by atoms with Gasteiger partial charge in [0.2, 0.25) is 0 Å². The van der Waals surface area contributed by atoms with E-state index in [1.54, 1.807) is 0 Å². The van der Waals surface area contributed by atoms with Gasteiger partial charge < -0.3 is 0 Å². The third-order valence-electron chi connectivity index (χ3n) is 5.39. The minimum Gasteiger partial charge on any atom is -0.290 e. The van der Waals surface area contributed by atoms with Crippen molar-refractivity contribution in [3.63, 3.8) is 0 Å². The van der Waals surface area contributed by atoms with Gasteiger partial charge in [0.05, 0.1) is 0 Å². The molecule has 0 amide bonds. The van der Waals surface area contributed by atoms with Crippen molar-refractivity contribution < 1.29 is 9.59 Å². The summed E-state index contributed by atoms with van der Waals surface area (Å²) >= 11 is 0. The molecule has 1 aliphatic carbocycles. The minimum atomic E-state index is -0.121. The summed E-state index contributed by atoms with van der Waals surface area (Å²) in [6.07, 6.45) is 5.01. The van der Waals surface area contributed by atoms with Gasteiger partial charge in [-0.25, -0.2) is 0 Å². The largest absolute Gasteiger partial charge is 0.290 e. The lowest BCUT2D eigenvalue weighted by atomic mass is 9.84. The molecule has 30 heavy (non-hydrogen) atoms. The van der Waals surface area contributed by atoms with Gasteiger partial charge in [-0.15, -0.1) is 0 Å². The molecule has 0 bridgehead atoms. The van der Waals surface area contributed by atoms with Gasteiger partial charge in [0.25, 0.3) is 0 Å². The normalized spacial score (nSPS) is 14.2. The lowest BCUT2D eigenvalue weighted by Crippen LogP contribution is -2.11. The number of rotatable bonds is 0. The first-order valence-electron chi connectivity index (χ1n) is 10.4. The maximum atomic E-state index is 10.3. The number of carbonyl (C=O) groups excluding carboxylic acids is 2. The van der Waals surface area contributed by atoms with Crippen LogP contribution in [0.25, 0.3) is 21.5 Å². The Balaban J connectivity index is 0.000000269. The van der Waals surface area contributed by atoms with Crippen LogP contribution in [0.2, 0.25) is 0 Å². The van der Waals surface area contributed by atoms with Crippen molar-refractivity contribution >= 4 is 33.1 Å². The molecule has 0 fully saturated rings. The smallest absolute Gasteiger partial charge is 0.178 e. The minimum absolute atomic E-state index is 0.121. The van der Waals surface area contributed by atoms with E-state index in [9.17, 15) is 9.59 Å². The fourth-order valence-corrected chi connectivity index (χ4v) is 3.44. The van der Waals surface area contributed by atoms with Gasteiger partial charge in [-0.2, -0.15) is 0 Å². The van der Waals surface area contributed by atoms with Gasteiger partial charge in [-0.3, -0.25) is 9.59 Å². The van der Waals surface area contributed by atoms with Crippen LogP contribution in [0.1, 0.15) is 52.7 Å². The molecule has 0 atom stereocenters. The number of ketones is 2. The Hall–Kier alpha value is -3.00. The highest BCUT2D eigenvalue weighted by Gasteiger charge is 2.16. The van der Waals surface area contributed by atoms with Crippen LogP contribution in [0.3, 0.4) is 0 Å². The second-order valence-corrected chi connectivity index (χ2v) is 9.91. The number of allylic oxidation sites excluding steroid dienone is 4. The molecule has 0 spiro atoms. The van der Waals surface area contributed by atoms with E-state index in [4.69, 9.17) is 0 Å². The van der Waals surface area contributed by atoms with Gasteiger partial charge in [-0.05, 0) is 67.8 Å². The molecular formula is C28H30O2. The lowest BCUT2D eigenvalue weighted by molar-refractivity contribution is -0.113.